The largest absolute Gasteiger partial charge is 0.616 e. The van der Waals surface area contributed by atoms with Crippen LogP contribution in [0, 0.1) is 6.92 Å². The van der Waals surface area contributed by atoms with Gasteiger partial charge in [0.2, 0.25) is 0 Å². The van der Waals surface area contributed by atoms with Crippen LogP contribution in [0.3, 0.4) is 0 Å². The molecular formula is C14H24F5OS. The lowest BCUT2D eigenvalue weighted by molar-refractivity contribution is -0.284. The van der Waals surface area contributed by atoms with E-state index in [9.17, 15) is 26.5 Å². The molecule has 127 valence electrons. The first-order valence-electron chi connectivity index (χ1n) is 7.29. The molecule has 0 saturated carbocycles. The van der Waals surface area contributed by atoms with Gasteiger partial charge in [0.25, 0.3) is 0 Å². The van der Waals surface area contributed by atoms with Gasteiger partial charge in [0, 0.05) is 6.42 Å². The number of hydrogen-bond donors (Lipinski definition) is 0. The fourth-order valence-corrected chi connectivity index (χ4v) is 3.04. The Morgan fingerprint density at radius 2 is 1.24 bits per heavy atom. The van der Waals surface area contributed by atoms with Crippen LogP contribution in [0.1, 0.15) is 57.8 Å². The molecule has 0 saturated heterocycles. The van der Waals surface area contributed by atoms with Crippen LogP contribution >= 0.6 is 0 Å². The van der Waals surface area contributed by atoms with Gasteiger partial charge >= 0.3 is 12.1 Å². The van der Waals surface area contributed by atoms with Crippen LogP contribution in [0.15, 0.2) is 0 Å². The van der Waals surface area contributed by atoms with Gasteiger partial charge in [-0.15, -0.1) is 0 Å². The Kier molecular flexibility index (Phi) is 10.6. The quantitative estimate of drug-likeness (QED) is 0.270. The number of alkyl halides is 5. The van der Waals surface area contributed by atoms with Crippen molar-refractivity contribution in [1.82, 2.24) is 0 Å². The Bertz CT molecular complexity index is 258. The molecule has 0 fully saturated rings. The lowest BCUT2D eigenvalue weighted by Gasteiger charge is -2.19. The molecule has 0 heterocycles. The number of halogens is 5. The molecule has 0 aliphatic rings. The molecule has 21 heavy (non-hydrogen) atoms. The Morgan fingerprint density at radius 1 is 0.762 bits per heavy atom. The summed E-state index contributed by atoms with van der Waals surface area (Å²) in [5, 5.41) is 0. The summed E-state index contributed by atoms with van der Waals surface area (Å²) in [6, 6.07) is 0. The van der Waals surface area contributed by atoms with Crippen LogP contribution in [0.4, 0.5) is 22.0 Å². The predicted molar refractivity (Wildman–Crippen MR) is 75.8 cm³/mol. The zero-order valence-corrected chi connectivity index (χ0v) is 13.0. The van der Waals surface area contributed by atoms with Crippen molar-refractivity contribution < 1.29 is 26.5 Å². The molecule has 1 unspecified atom stereocenters. The second-order valence-electron chi connectivity index (χ2n) is 5.13. The van der Waals surface area contributed by atoms with Crippen molar-refractivity contribution in [3.05, 3.63) is 6.92 Å². The molecule has 0 aromatic heterocycles. The number of rotatable bonds is 12. The van der Waals surface area contributed by atoms with Crippen molar-refractivity contribution in [3.8, 4) is 0 Å². The topological polar surface area (TPSA) is 23.1 Å². The van der Waals surface area contributed by atoms with Crippen LogP contribution in [-0.2, 0) is 11.2 Å². The highest BCUT2D eigenvalue weighted by Gasteiger charge is 2.56. The first-order valence-corrected chi connectivity index (χ1v) is 8.78. The highest BCUT2D eigenvalue weighted by atomic mass is 32.2. The summed E-state index contributed by atoms with van der Waals surface area (Å²) in [6.07, 6.45) is -0.249. The molecule has 0 N–H and O–H groups in total. The standard InChI is InChI=1S/C14H24F5OS/c1-2-3-4-5-6-7-8-11-21(20)12-9-10-13(15,16)14(17,18)19/h1-12H2. The van der Waals surface area contributed by atoms with Crippen molar-refractivity contribution in [2.24, 2.45) is 0 Å². The lowest BCUT2D eigenvalue weighted by Crippen LogP contribution is -2.36. The first kappa shape index (κ1) is 21.0. The Morgan fingerprint density at radius 3 is 1.76 bits per heavy atom. The molecule has 0 bridgehead atoms. The molecule has 7 heteroatoms. The fourth-order valence-electron chi connectivity index (χ4n) is 1.85. The third-order valence-electron chi connectivity index (χ3n) is 3.15. The molecule has 0 aliphatic carbocycles. The van der Waals surface area contributed by atoms with Gasteiger partial charge in [0.15, 0.2) is 0 Å². The average molecular weight is 335 g/mol. The summed E-state index contributed by atoms with van der Waals surface area (Å²) in [7, 11) is 0. The van der Waals surface area contributed by atoms with Crippen LogP contribution in [0.2, 0.25) is 0 Å². The number of hydrogen-bond acceptors (Lipinski definition) is 1. The lowest BCUT2D eigenvalue weighted by atomic mass is 10.1. The monoisotopic (exact) mass is 335 g/mol. The van der Waals surface area contributed by atoms with Crippen LogP contribution < -0.4 is 0 Å². The molecule has 0 aliphatic heterocycles. The summed E-state index contributed by atoms with van der Waals surface area (Å²) in [4.78, 5) is 0. The first-order chi connectivity index (χ1) is 9.70. The van der Waals surface area contributed by atoms with Gasteiger partial charge in [0.1, 0.15) is 11.5 Å². The Hall–Kier alpha value is -0.0400. The Labute approximate surface area is 126 Å². The zero-order valence-electron chi connectivity index (χ0n) is 12.2. The van der Waals surface area contributed by atoms with E-state index >= 15 is 0 Å². The van der Waals surface area contributed by atoms with Crippen molar-refractivity contribution in [2.75, 3.05) is 11.5 Å². The van der Waals surface area contributed by atoms with Gasteiger partial charge < -0.3 is 4.55 Å². The van der Waals surface area contributed by atoms with Gasteiger partial charge in [-0.25, -0.2) is 0 Å². The third-order valence-corrected chi connectivity index (χ3v) is 4.64. The van der Waals surface area contributed by atoms with Crippen LogP contribution in [-0.4, -0.2) is 28.2 Å². The maximum absolute atomic E-state index is 12.6. The highest BCUT2D eigenvalue weighted by Crippen LogP contribution is 2.38. The van der Waals surface area contributed by atoms with E-state index in [2.05, 4.69) is 6.92 Å². The minimum atomic E-state index is -5.51. The maximum atomic E-state index is 12.6. The van der Waals surface area contributed by atoms with Crippen molar-refractivity contribution in [3.63, 3.8) is 0 Å². The normalized spacial score (nSPS) is 14.4. The summed E-state index contributed by atoms with van der Waals surface area (Å²) in [5.74, 6) is -4.38. The minimum absolute atomic E-state index is 0.0901. The molecule has 0 spiro atoms. The summed E-state index contributed by atoms with van der Waals surface area (Å²) >= 11 is -1.30. The average Bonchev–Trinajstić information content (AvgIpc) is 2.36. The second-order valence-corrected chi connectivity index (χ2v) is 6.82. The van der Waals surface area contributed by atoms with Crippen molar-refractivity contribution in [2.45, 2.75) is 69.9 Å². The third kappa shape index (κ3) is 10.3. The summed E-state index contributed by atoms with van der Waals surface area (Å²) in [5.41, 5.74) is 0. The van der Waals surface area contributed by atoms with Crippen LogP contribution in [0.5, 0.6) is 0 Å². The molecule has 1 nitrogen and oxygen atoms in total. The predicted octanol–water partition coefficient (Wildman–Crippen LogP) is 5.28. The number of unbranched alkanes of at least 4 members (excludes halogenated alkanes) is 6. The van der Waals surface area contributed by atoms with Gasteiger partial charge in [-0.05, 0) is 19.3 Å². The summed E-state index contributed by atoms with van der Waals surface area (Å²) < 4.78 is 72.4. The second kappa shape index (κ2) is 10.6. The smallest absolute Gasteiger partial charge is 0.453 e. The van der Waals surface area contributed by atoms with Gasteiger partial charge in [-0.2, -0.15) is 22.0 Å². The SMILES string of the molecule is [CH2]CCCCCCCC[S+]([O-])CCCC(F)(F)C(F)(F)F. The van der Waals surface area contributed by atoms with Crippen molar-refractivity contribution in [1.29, 1.82) is 0 Å². The Balaban J connectivity index is 3.57. The molecule has 1 atom stereocenters. The van der Waals surface area contributed by atoms with E-state index in [1.54, 1.807) is 0 Å². The highest BCUT2D eigenvalue weighted by molar-refractivity contribution is 7.91. The van der Waals surface area contributed by atoms with E-state index in [4.69, 9.17) is 0 Å². The summed E-state index contributed by atoms with van der Waals surface area (Å²) in [6.45, 7) is 3.74. The molecule has 0 aromatic carbocycles. The van der Waals surface area contributed by atoms with Gasteiger partial charge in [0.05, 0.1) is 0 Å². The minimum Gasteiger partial charge on any atom is -0.616 e. The molecular weight excluding hydrogens is 311 g/mol. The van der Waals surface area contributed by atoms with E-state index in [1.165, 1.54) is 0 Å². The molecule has 0 rings (SSSR count). The van der Waals surface area contributed by atoms with E-state index in [1.807, 2.05) is 0 Å². The van der Waals surface area contributed by atoms with E-state index in [0.717, 1.165) is 44.9 Å². The van der Waals surface area contributed by atoms with E-state index in [0.29, 0.717) is 5.75 Å². The molecule has 1 radical (unpaired) electrons. The van der Waals surface area contributed by atoms with Gasteiger partial charge in [-0.1, -0.05) is 50.2 Å². The zero-order chi connectivity index (χ0) is 16.4. The maximum Gasteiger partial charge on any atom is 0.453 e. The van der Waals surface area contributed by atoms with E-state index in [-0.39, 0.29) is 12.2 Å². The van der Waals surface area contributed by atoms with Crippen molar-refractivity contribution >= 4 is 11.2 Å². The fraction of sp³-hybridized carbons (Fsp3) is 0.929. The van der Waals surface area contributed by atoms with Crippen LogP contribution in [0.25, 0.3) is 0 Å². The molecule has 0 amide bonds. The van der Waals surface area contributed by atoms with Gasteiger partial charge in [-0.3, -0.25) is 0 Å². The molecule has 0 aromatic rings. The van der Waals surface area contributed by atoms with E-state index < -0.39 is 29.7 Å².